The second-order valence-electron chi connectivity index (χ2n) is 3.36. The van der Waals surface area contributed by atoms with Crippen LogP contribution in [0.25, 0.3) is 0 Å². The maximum Gasteiger partial charge on any atom is 0.313 e. The van der Waals surface area contributed by atoms with E-state index in [2.05, 4.69) is 0 Å². The van der Waals surface area contributed by atoms with Crippen LogP contribution in [0.2, 0.25) is 0 Å². The first-order chi connectivity index (χ1) is 5.81. The zero-order valence-corrected chi connectivity index (χ0v) is 6.70. The summed E-state index contributed by atoms with van der Waals surface area (Å²) in [6, 6.07) is 0. The third kappa shape index (κ3) is 1.13. The lowest BCUT2D eigenvalue weighted by Crippen LogP contribution is -2.40. The van der Waals surface area contributed by atoms with Crippen molar-refractivity contribution in [3.05, 3.63) is 12.2 Å². The summed E-state index contributed by atoms with van der Waals surface area (Å²) in [7, 11) is 0. The Hall–Kier alpha value is -0.860. The standard InChI is InChI=1S/C9H11FO2/c10-4-3-6-5-7-1-2-8(6)9(11)12-7/h1-2,6-8H,3-5H2/t6-,7+,8-/m0/s1. The fourth-order valence-electron chi connectivity index (χ4n) is 1.95. The second-order valence-corrected chi connectivity index (χ2v) is 3.36. The van der Waals surface area contributed by atoms with Crippen LogP contribution in [0.4, 0.5) is 4.39 Å². The summed E-state index contributed by atoms with van der Waals surface area (Å²) in [5.41, 5.74) is 0. The lowest BCUT2D eigenvalue weighted by Gasteiger charge is -2.36. The summed E-state index contributed by atoms with van der Waals surface area (Å²) >= 11 is 0. The van der Waals surface area contributed by atoms with Crippen molar-refractivity contribution in [2.24, 2.45) is 11.8 Å². The van der Waals surface area contributed by atoms with Crippen LogP contribution in [0.1, 0.15) is 12.8 Å². The van der Waals surface area contributed by atoms with Crippen molar-refractivity contribution >= 4 is 5.97 Å². The summed E-state index contributed by atoms with van der Waals surface area (Å²) < 4.78 is 17.1. The summed E-state index contributed by atoms with van der Waals surface area (Å²) in [5.74, 6) is -0.177. The van der Waals surface area contributed by atoms with Crippen molar-refractivity contribution in [2.75, 3.05) is 6.67 Å². The lowest BCUT2D eigenvalue weighted by molar-refractivity contribution is -0.161. The maximum absolute atomic E-state index is 12.1. The highest BCUT2D eigenvalue weighted by Crippen LogP contribution is 2.35. The van der Waals surface area contributed by atoms with E-state index >= 15 is 0 Å². The molecule has 3 aliphatic rings. The fraction of sp³-hybridized carbons (Fsp3) is 0.667. The van der Waals surface area contributed by atoms with Crippen LogP contribution in [0.3, 0.4) is 0 Å². The first-order valence-electron chi connectivity index (χ1n) is 4.26. The molecule has 0 spiro atoms. The van der Waals surface area contributed by atoms with Gasteiger partial charge in [0.15, 0.2) is 0 Å². The van der Waals surface area contributed by atoms with Crippen molar-refractivity contribution in [1.29, 1.82) is 0 Å². The van der Waals surface area contributed by atoms with E-state index in [4.69, 9.17) is 4.74 Å². The van der Waals surface area contributed by atoms with E-state index in [0.717, 1.165) is 6.42 Å². The van der Waals surface area contributed by atoms with E-state index < -0.39 is 0 Å². The first-order valence-corrected chi connectivity index (χ1v) is 4.26. The summed E-state index contributed by atoms with van der Waals surface area (Å²) in [6.45, 7) is -0.338. The Bertz CT molecular complexity index is 225. The number of rotatable bonds is 2. The van der Waals surface area contributed by atoms with Crippen molar-refractivity contribution in [3.8, 4) is 0 Å². The zero-order chi connectivity index (χ0) is 8.55. The number of ether oxygens (including phenoxy) is 1. The number of hydrogen-bond donors (Lipinski definition) is 0. The van der Waals surface area contributed by atoms with E-state index in [1.165, 1.54) is 0 Å². The Morgan fingerprint density at radius 2 is 2.42 bits per heavy atom. The van der Waals surface area contributed by atoms with Crippen molar-refractivity contribution < 1.29 is 13.9 Å². The fourth-order valence-corrected chi connectivity index (χ4v) is 1.95. The molecule has 0 unspecified atom stereocenters. The summed E-state index contributed by atoms with van der Waals surface area (Å²) in [4.78, 5) is 11.1. The van der Waals surface area contributed by atoms with Crippen LogP contribution in [0.15, 0.2) is 12.2 Å². The van der Waals surface area contributed by atoms with Crippen LogP contribution in [0, 0.1) is 11.8 Å². The average molecular weight is 170 g/mol. The number of alkyl halides is 1. The molecule has 2 nitrogen and oxygen atoms in total. The predicted octanol–water partition coefficient (Wildman–Crippen LogP) is 1.46. The molecule has 0 aromatic rings. The molecule has 0 radical (unpaired) electrons. The normalized spacial score (nSPS) is 38.4. The van der Waals surface area contributed by atoms with E-state index in [9.17, 15) is 9.18 Å². The molecule has 1 fully saturated rings. The lowest BCUT2D eigenvalue weighted by atomic mass is 9.78. The van der Waals surface area contributed by atoms with Crippen LogP contribution < -0.4 is 0 Å². The molecule has 3 heteroatoms. The maximum atomic E-state index is 12.1. The van der Waals surface area contributed by atoms with Gasteiger partial charge in [0.05, 0.1) is 12.6 Å². The number of carbonyl (C=O) groups is 1. The van der Waals surface area contributed by atoms with Crippen LogP contribution in [-0.2, 0) is 9.53 Å². The minimum Gasteiger partial charge on any atom is -0.458 e. The van der Waals surface area contributed by atoms with Gasteiger partial charge in [-0.1, -0.05) is 6.08 Å². The molecule has 2 aliphatic heterocycles. The molecular weight excluding hydrogens is 159 g/mol. The minimum atomic E-state index is -0.338. The molecule has 66 valence electrons. The van der Waals surface area contributed by atoms with Gasteiger partial charge in [-0.05, 0) is 24.8 Å². The van der Waals surface area contributed by atoms with E-state index in [1.54, 1.807) is 0 Å². The highest BCUT2D eigenvalue weighted by molar-refractivity contribution is 5.77. The van der Waals surface area contributed by atoms with Crippen LogP contribution in [-0.4, -0.2) is 18.7 Å². The molecule has 0 aromatic heterocycles. The van der Waals surface area contributed by atoms with Gasteiger partial charge in [0.1, 0.15) is 6.10 Å². The van der Waals surface area contributed by atoms with Gasteiger partial charge in [-0.3, -0.25) is 9.18 Å². The van der Waals surface area contributed by atoms with Gasteiger partial charge in [-0.25, -0.2) is 0 Å². The number of carbonyl (C=O) groups excluding carboxylic acids is 1. The molecule has 1 aliphatic carbocycles. The number of halogens is 1. The zero-order valence-electron chi connectivity index (χ0n) is 6.70. The summed E-state index contributed by atoms with van der Waals surface area (Å²) in [5, 5.41) is 0. The van der Waals surface area contributed by atoms with Gasteiger partial charge in [0, 0.05) is 0 Å². The molecule has 2 heterocycles. The highest BCUT2D eigenvalue weighted by atomic mass is 19.1. The SMILES string of the molecule is O=C1O[C@@H]2C=C[C@H]1[C@@H](CCF)C2. The minimum absolute atomic E-state index is 0.0842. The van der Waals surface area contributed by atoms with E-state index in [0.29, 0.717) is 6.42 Å². The quantitative estimate of drug-likeness (QED) is 0.463. The molecule has 0 aromatic carbocycles. The van der Waals surface area contributed by atoms with Gasteiger partial charge in [-0.2, -0.15) is 0 Å². The molecule has 2 bridgehead atoms. The Morgan fingerprint density at radius 3 is 3.00 bits per heavy atom. The third-order valence-corrected chi connectivity index (χ3v) is 2.60. The molecule has 1 saturated heterocycles. The third-order valence-electron chi connectivity index (χ3n) is 2.60. The summed E-state index contributed by atoms with van der Waals surface area (Å²) in [6.07, 6.45) is 4.97. The van der Waals surface area contributed by atoms with Crippen molar-refractivity contribution in [1.82, 2.24) is 0 Å². The van der Waals surface area contributed by atoms with Gasteiger partial charge in [-0.15, -0.1) is 0 Å². The molecule has 0 amide bonds. The second kappa shape index (κ2) is 2.88. The first kappa shape index (κ1) is 7.77. The Morgan fingerprint density at radius 1 is 1.58 bits per heavy atom. The molecule has 3 rings (SSSR count). The smallest absolute Gasteiger partial charge is 0.313 e. The Kier molecular flexibility index (Phi) is 1.87. The van der Waals surface area contributed by atoms with Crippen molar-refractivity contribution in [3.63, 3.8) is 0 Å². The number of fused-ring (bicyclic) bond motifs is 2. The van der Waals surface area contributed by atoms with Crippen LogP contribution in [0.5, 0.6) is 0 Å². The van der Waals surface area contributed by atoms with Gasteiger partial charge >= 0.3 is 5.97 Å². The molecule has 0 N–H and O–H groups in total. The number of hydrogen-bond acceptors (Lipinski definition) is 2. The van der Waals surface area contributed by atoms with Crippen molar-refractivity contribution in [2.45, 2.75) is 18.9 Å². The molecule has 3 atom stereocenters. The topological polar surface area (TPSA) is 26.3 Å². The Balaban J connectivity index is 2.11. The van der Waals surface area contributed by atoms with E-state index in [-0.39, 0.29) is 30.6 Å². The largest absolute Gasteiger partial charge is 0.458 e. The Labute approximate surface area is 70.4 Å². The predicted molar refractivity (Wildman–Crippen MR) is 41.2 cm³/mol. The highest BCUT2D eigenvalue weighted by Gasteiger charge is 2.39. The van der Waals surface area contributed by atoms with E-state index in [1.807, 2.05) is 12.2 Å². The monoisotopic (exact) mass is 170 g/mol. The molecule has 12 heavy (non-hydrogen) atoms. The average Bonchev–Trinajstić information content (AvgIpc) is 2.05. The van der Waals surface area contributed by atoms with Gasteiger partial charge in [0.2, 0.25) is 0 Å². The van der Waals surface area contributed by atoms with Crippen LogP contribution >= 0.6 is 0 Å². The number of esters is 1. The molecular formula is C9H11FO2. The van der Waals surface area contributed by atoms with Gasteiger partial charge in [0.25, 0.3) is 0 Å². The molecule has 0 saturated carbocycles. The van der Waals surface area contributed by atoms with Gasteiger partial charge < -0.3 is 4.74 Å².